The first-order valence-corrected chi connectivity index (χ1v) is 7.10. The van der Waals surface area contributed by atoms with E-state index in [1.807, 2.05) is 19.1 Å². The predicted octanol–water partition coefficient (Wildman–Crippen LogP) is 2.03. The van der Waals surface area contributed by atoms with Crippen LogP contribution in [0.5, 0.6) is 0 Å². The van der Waals surface area contributed by atoms with Gasteiger partial charge in [-0.3, -0.25) is 4.98 Å². The van der Waals surface area contributed by atoms with E-state index < -0.39 is 13.8 Å². The van der Waals surface area contributed by atoms with E-state index >= 15 is 0 Å². The molecule has 0 spiro atoms. The van der Waals surface area contributed by atoms with Gasteiger partial charge in [-0.05, 0) is 31.4 Å². The average molecular weight is 246 g/mol. The quantitative estimate of drug-likeness (QED) is 0.766. The Labute approximate surface area is 93.9 Å². The Morgan fingerprint density at radius 3 is 2.67 bits per heavy atom. The van der Waals surface area contributed by atoms with Gasteiger partial charge in [0.25, 0.3) is 0 Å². The predicted molar refractivity (Wildman–Crippen MR) is 59.4 cm³/mol. The summed E-state index contributed by atoms with van der Waals surface area (Å²) in [5.74, 6) is 0. The third kappa shape index (κ3) is 2.01. The molecule has 15 heavy (non-hydrogen) atoms. The van der Waals surface area contributed by atoms with Crippen molar-refractivity contribution in [3.63, 3.8) is 0 Å². The van der Waals surface area contributed by atoms with E-state index in [0.29, 0.717) is 19.3 Å². The number of halogens is 1. The minimum absolute atomic E-state index is 0.436. The van der Waals surface area contributed by atoms with Gasteiger partial charge in [-0.1, -0.05) is 6.07 Å². The molecular weight excluding hydrogens is 234 g/mol. The molecule has 0 atom stereocenters. The minimum atomic E-state index is -3.47. The van der Waals surface area contributed by atoms with Crippen LogP contribution in [0, 0.1) is 6.92 Å². The maximum atomic E-state index is 11.4. The Balaban J connectivity index is 2.28. The summed E-state index contributed by atoms with van der Waals surface area (Å²) < 4.78 is 22.0. The molecule has 2 rings (SSSR count). The zero-order valence-corrected chi connectivity index (χ0v) is 9.98. The topological polar surface area (TPSA) is 47.0 Å². The van der Waals surface area contributed by atoms with Crippen LogP contribution in [0.2, 0.25) is 0 Å². The second kappa shape index (κ2) is 3.46. The molecule has 0 bridgehead atoms. The van der Waals surface area contributed by atoms with Crippen molar-refractivity contribution in [3.05, 3.63) is 29.6 Å². The van der Waals surface area contributed by atoms with E-state index in [1.54, 1.807) is 6.20 Å². The molecule has 1 aromatic rings. The fraction of sp³-hybridized carbons (Fsp3) is 0.500. The Kier molecular flexibility index (Phi) is 2.51. The molecule has 3 nitrogen and oxygen atoms in total. The van der Waals surface area contributed by atoms with Crippen molar-refractivity contribution in [1.29, 1.82) is 0 Å². The van der Waals surface area contributed by atoms with Crippen molar-refractivity contribution in [2.24, 2.45) is 0 Å². The number of hydrogen-bond donors (Lipinski definition) is 0. The van der Waals surface area contributed by atoms with Crippen LogP contribution in [-0.2, 0) is 15.5 Å². The molecule has 1 saturated carbocycles. The molecule has 0 N–H and O–H groups in total. The van der Waals surface area contributed by atoms with E-state index in [1.165, 1.54) is 0 Å². The first-order chi connectivity index (χ1) is 6.95. The highest BCUT2D eigenvalue weighted by Gasteiger charge is 2.54. The molecule has 82 valence electrons. The highest BCUT2D eigenvalue weighted by Crippen LogP contribution is 2.48. The van der Waals surface area contributed by atoms with Crippen LogP contribution in [0.1, 0.15) is 24.1 Å². The van der Waals surface area contributed by atoms with Gasteiger partial charge in [0, 0.05) is 29.0 Å². The fourth-order valence-electron chi connectivity index (χ4n) is 1.65. The van der Waals surface area contributed by atoms with Crippen LogP contribution in [0.15, 0.2) is 18.3 Å². The average Bonchev–Trinajstić information content (AvgIpc) is 2.89. The monoisotopic (exact) mass is 245 g/mol. The highest BCUT2D eigenvalue weighted by atomic mass is 35.7. The molecule has 1 heterocycles. The van der Waals surface area contributed by atoms with Crippen LogP contribution >= 0.6 is 10.7 Å². The summed E-state index contributed by atoms with van der Waals surface area (Å²) in [6.45, 7) is 1.93. The maximum absolute atomic E-state index is 11.4. The van der Waals surface area contributed by atoms with Gasteiger partial charge in [-0.2, -0.15) is 0 Å². The van der Waals surface area contributed by atoms with Crippen LogP contribution < -0.4 is 0 Å². The van der Waals surface area contributed by atoms with E-state index in [2.05, 4.69) is 4.98 Å². The zero-order valence-electron chi connectivity index (χ0n) is 8.40. The Morgan fingerprint density at radius 1 is 1.53 bits per heavy atom. The number of hydrogen-bond acceptors (Lipinski definition) is 3. The SMILES string of the molecule is Cc1cccnc1CC1(S(=O)(=O)Cl)CC1. The van der Waals surface area contributed by atoms with Crippen molar-refractivity contribution >= 4 is 19.7 Å². The lowest BCUT2D eigenvalue weighted by atomic mass is 10.1. The number of pyridine rings is 1. The third-order valence-electron chi connectivity index (χ3n) is 2.93. The van der Waals surface area contributed by atoms with Gasteiger partial charge in [0.1, 0.15) is 0 Å². The summed E-state index contributed by atoms with van der Waals surface area (Å²) in [6, 6.07) is 3.77. The van der Waals surface area contributed by atoms with Crippen LogP contribution in [0.25, 0.3) is 0 Å². The number of aromatic nitrogens is 1. The number of nitrogens with zero attached hydrogens (tertiary/aromatic N) is 1. The summed E-state index contributed by atoms with van der Waals surface area (Å²) in [7, 11) is 1.96. The van der Waals surface area contributed by atoms with Crippen molar-refractivity contribution in [2.45, 2.75) is 30.9 Å². The normalized spacial score (nSPS) is 18.8. The van der Waals surface area contributed by atoms with Crippen molar-refractivity contribution < 1.29 is 8.42 Å². The van der Waals surface area contributed by atoms with Gasteiger partial charge in [-0.25, -0.2) is 8.42 Å². The Morgan fingerprint density at radius 2 is 2.20 bits per heavy atom. The van der Waals surface area contributed by atoms with Crippen LogP contribution in [0.4, 0.5) is 0 Å². The van der Waals surface area contributed by atoms with Gasteiger partial charge < -0.3 is 0 Å². The number of rotatable bonds is 3. The first-order valence-electron chi connectivity index (χ1n) is 4.79. The van der Waals surface area contributed by atoms with Crippen LogP contribution in [0.3, 0.4) is 0 Å². The van der Waals surface area contributed by atoms with Gasteiger partial charge >= 0.3 is 0 Å². The largest absolute Gasteiger partial charge is 0.261 e. The molecule has 1 aliphatic carbocycles. The van der Waals surface area contributed by atoms with E-state index in [0.717, 1.165) is 11.3 Å². The second-order valence-corrected chi connectivity index (χ2v) is 7.03. The minimum Gasteiger partial charge on any atom is -0.261 e. The number of aryl methyl sites for hydroxylation is 1. The standard InChI is InChI=1S/C10H12ClNO2S/c1-8-3-2-6-12-9(8)7-10(4-5-10)15(11,13)14/h2-3,6H,4-5,7H2,1H3. The summed E-state index contributed by atoms with van der Waals surface area (Å²) in [5, 5.41) is 0. The molecule has 0 saturated heterocycles. The summed E-state index contributed by atoms with van der Waals surface area (Å²) >= 11 is 0. The Hall–Kier alpha value is -0.610. The van der Waals surface area contributed by atoms with Gasteiger partial charge in [0.2, 0.25) is 9.05 Å². The molecule has 0 aliphatic heterocycles. The first kappa shape index (κ1) is 10.9. The molecule has 0 radical (unpaired) electrons. The van der Waals surface area contributed by atoms with Gasteiger partial charge in [0.05, 0.1) is 4.75 Å². The smallest absolute Gasteiger partial charge is 0.238 e. The summed E-state index contributed by atoms with van der Waals surface area (Å²) in [5.41, 5.74) is 1.85. The van der Waals surface area contributed by atoms with Gasteiger partial charge in [-0.15, -0.1) is 0 Å². The molecule has 1 fully saturated rings. The van der Waals surface area contributed by atoms with Crippen molar-refractivity contribution in [3.8, 4) is 0 Å². The van der Waals surface area contributed by atoms with E-state index in [9.17, 15) is 8.42 Å². The molecular formula is C10H12ClNO2S. The van der Waals surface area contributed by atoms with Gasteiger partial charge in [0.15, 0.2) is 0 Å². The zero-order chi connectivity index (χ0) is 11.1. The summed E-state index contributed by atoms with van der Waals surface area (Å²) in [6.07, 6.45) is 3.41. The lowest BCUT2D eigenvalue weighted by Gasteiger charge is -2.11. The maximum Gasteiger partial charge on any atom is 0.238 e. The van der Waals surface area contributed by atoms with E-state index in [-0.39, 0.29) is 0 Å². The molecule has 1 aliphatic rings. The lowest BCUT2D eigenvalue weighted by Crippen LogP contribution is -2.22. The van der Waals surface area contributed by atoms with Crippen LogP contribution in [-0.4, -0.2) is 18.1 Å². The van der Waals surface area contributed by atoms with E-state index in [4.69, 9.17) is 10.7 Å². The Bertz CT molecular complexity index is 480. The van der Waals surface area contributed by atoms with Crippen molar-refractivity contribution in [1.82, 2.24) is 4.98 Å². The molecule has 5 heteroatoms. The second-order valence-electron chi connectivity index (χ2n) is 4.06. The lowest BCUT2D eigenvalue weighted by molar-refractivity contribution is 0.588. The molecule has 0 amide bonds. The molecule has 0 unspecified atom stereocenters. The molecule has 1 aromatic heterocycles. The summed E-state index contributed by atoms with van der Waals surface area (Å²) in [4.78, 5) is 4.19. The molecule has 0 aromatic carbocycles. The third-order valence-corrected chi connectivity index (χ3v) is 5.50. The highest BCUT2D eigenvalue weighted by molar-refractivity contribution is 8.15. The fourth-order valence-corrected chi connectivity index (χ4v) is 3.18. The van der Waals surface area contributed by atoms with Crippen molar-refractivity contribution in [2.75, 3.05) is 0 Å².